The summed E-state index contributed by atoms with van der Waals surface area (Å²) < 4.78 is 285. The number of aryl methyl sites for hydroxylation is 2. The van der Waals surface area contributed by atoms with E-state index in [-0.39, 0.29) is 135 Å². The second-order valence-electron chi connectivity index (χ2n) is 29.9. The molecule has 0 radical (unpaired) electrons. The van der Waals surface area contributed by atoms with E-state index in [9.17, 15) is 88.0 Å². The van der Waals surface area contributed by atoms with Crippen LogP contribution < -0.4 is 31.2 Å². The number of rotatable bonds is 24. The molecule has 4 aliphatic rings. The SMILES string of the molecule is Cn1nc(NS(C)(=O)=O)c2c(Cl)ccc(-n3c(C(Cc4cc(F)cc(F)c4)NC(=O)Cn4nc(C(F)F)c5c4C(F)(F)[C@@H]4C[C@H]54)nc4cc(CS(C)(=O)=O)ccc4c3=O)c21.Cn1nc(NS(C)(=O)=O)c2c(Cl)ccc(-n3c([C@H](Cc4cc(F)cc(F)c4)NC(=O)Cn4nc(C(F)F)c5c4C(F)(F)[C@@H]4C[C@H]54)nc4cc(CS(C)(=O)=O)ccc4c3=O)c21. The van der Waals surface area contributed by atoms with Crippen molar-refractivity contribution in [1.29, 1.82) is 0 Å². The number of sulfone groups is 2. The van der Waals surface area contributed by atoms with Gasteiger partial charge < -0.3 is 10.6 Å². The van der Waals surface area contributed by atoms with E-state index in [0.717, 1.165) is 58.4 Å². The molecule has 1 unspecified atom stereocenters. The normalized spacial score (nSPS) is 17.6. The van der Waals surface area contributed by atoms with Crippen LogP contribution in [0.3, 0.4) is 0 Å². The maximum absolute atomic E-state index is 15.5. The van der Waals surface area contributed by atoms with Crippen molar-refractivity contribution in [2.75, 3.05) is 34.5 Å². The standard InChI is InChI=1S/2C37H31ClF6N8O6S2/c2*1-50-31-26(7-6-23(38)29(31)34(48-50)49-60(3,57)58)52-35(46-24-10-16(15-59(2,55)56)4-5-20(24)36(52)54)25(11-17-8-18(39)12-19(40)9-17)45-27(53)14-51-32-28(30(47-51)33(41)42)21-13-22(21)37(32,43)44/h2*4-10,12,21-22,25,33H,11,13-15H2,1-3H3,(H,45,53)(H,48,49)/t21-,22+,25?;21-,22+,25-/m00/s1. The van der Waals surface area contributed by atoms with E-state index >= 15 is 17.6 Å². The molecule has 12 aromatic rings. The van der Waals surface area contributed by atoms with Gasteiger partial charge in [-0.2, -0.15) is 38.0 Å². The predicted molar refractivity (Wildman–Crippen MR) is 413 cm³/mol. The number of sulfonamides is 2. The zero-order valence-electron chi connectivity index (χ0n) is 62.7. The van der Waals surface area contributed by atoms with Gasteiger partial charge in [0, 0.05) is 74.5 Å². The fourth-order valence-electron chi connectivity index (χ4n) is 16.0. The van der Waals surface area contributed by atoms with Crippen LogP contribution in [-0.4, -0.2) is 129 Å². The maximum atomic E-state index is 15.5. The number of benzene rings is 6. The Bertz CT molecular complexity index is 6580. The van der Waals surface area contributed by atoms with E-state index in [2.05, 4.69) is 40.5 Å². The number of hydrogen-bond donors (Lipinski definition) is 4. The van der Waals surface area contributed by atoms with Crippen molar-refractivity contribution in [3.63, 3.8) is 0 Å². The van der Waals surface area contributed by atoms with Crippen LogP contribution in [-0.2, 0) is 113 Å². The zero-order chi connectivity index (χ0) is 86.8. The fraction of sp³-hybridized carbons (Fsp3) is 0.324. The zero-order valence-corrected chi connectivity index (χ0v) is 67.5. The Kier molecular flexibility index (Phi) is 21.0. The van der Waals surface area contributed by atoms with Gasteiger partial charge in [0.2, 0.25) is 31.9 Å². The number of amides is 2. The molecule has 632 valence electrons. The second-order valence-corrected chi connectivity index (χ2v) is 38.5. The molecule has 0 saturated heterocycles. The van der Waals surface area contributed by atoms with Crippen LogP contribution in [0.15, 0.2) is 107 Å². The highest BCUT2D eigenvalue weighted by Crippen LogP contribution is 2.69. The third-order valence-electron chi connectivity index (χ3n) is 20.6. The Balaban J connectivity index is 0.000000187. The van der Waals surface area contributed by atoms with Gasteiger partial charge in [-0.3, -0.25) is 56.5 Å². The summed E-state index contributed by atoms with van der Waals surface area (Å²) in [5, 5.41) is 20.9. The average molecular weight is 1790 g/mol. The number of nitrogens with zero attached hydrogens (tertiary/aromatic N) is 12. The maximum Gasteiger partial charge on any atom is 0.293 e. The Morgan fingerprint density at radius 2 is 0.850 bits per heavy atom. The summed E-state index contributed by atoms with van der Waals surface area (Å²) in [6, 6.07) is 15.1. The molecule has 0 spiro atoms. The summed E-state index contributed by atoms with van der Waals surface area (Å²) in [6.07, 6.45) is -3.83. The van der Waals surface area contributed by atoms with Crippen LogP contribution >= 0.6 is 23.2 Å². The van der Waals surface area contributed by atoms with Gasteiger partial charge in [0.05, 0.1) is 101 Å². The summed E-state index contributed by atoms with van der Waals surface area (Å²) in [7, 11) is -12.3. The van der Waals surface area contributed by atoms with Crippen molar-refractivity contribution in [2.45, 2.75) is 98.9 Å². The highest BCUT2D eigenvalue weighted by Gasteiger charge is 2.68. The summed E-state index contributed by atoms with van der Waals surface area (Å²) in [5.74, 6) is -19.7. The molecule has 6 aromatic heterocycles. The molecule has 4 aliphatic carbocycles. The van der Waals surface area contributed by atoms with Gasteiger partial charge >= 0.3 is 0 Å². The lowest BCUT2D eigenvalue weighted by molar-refractivity contribution is -0.123. The van der Waals surface area contributed by atoms with Gasteiger partial charge in [0.1, 0.15) is 70.8 Å². The second kappa shape index (κ2) is 30.0. The number of alkyl halides is 8. The number of hydrogen-bond acceptors (Lipinski definition) is 18. The van der Waals surface area contributed by atoms with E-state index in [1.165, 1.54) is 84.1 Å². The lowest BCUT2D eigenvalue weighted by Gasteiger charge is -2.24. The highest BCUT2D eigenvalue weighted by atomic mass is 35.5. The van der Waals surface area contributed by atoms with Gasteiger partial charge in [-0.05, 0) is 120 Å². The molecule has 6 aromatic carbocycles. The number of anilines is 2. The molecule has 2 fully saturated rings. The van der Waals surface area contributed by atoms with Crippen LogP contribution in [0.1, 0.15) is 117 Å². The van der Waals surface area contributed by atoms with Crippen molar-refractivity contribution < 1.29 is 95.9 Å². The van der Waals surface area contributed by atoms with Gasteiger partial charge in [-0.25, -0.2) is 78.8 Å². The molecule has 2 saturated carbocycles. The van der Waals surface area contributed by atoms with Gasteiger partial charge in [0.25, 0.3) is 35.8 Å². The van der Waals surface area contributed by atoms with Crippen LogP contribution in [0.25, 0.3) is 55.0 Å². The third-order valence-corrected chi connectivity index (χ3v) is 24.1. The van der Waals surface area contributed by atoms with Crippen molar-refractivity contribution >= 4 is 130 Å². The number of carbonyl (C=O) groups is 2. The van der Waals surface area contributed by atoms with Crippen LogP contribution in [0.4, 0.5) is 64.3 Å². The summed E-state index contributed by atoms with van der Waals surface area (Å²) in [5.41, 5.74) is -5.60. The lowest BCUT2D eigenvalue weighted by Crippen LogP contribution is -2.38. The highest BCUT2D eigenvalue weighted by molar-refractivity contribution is 7.92. The molecule has 2 amide bonds. The molecule has 0 bridgehead atoms. The molecule has 6 atom stereocenters. The summed E-state index contributed by atoms with van der Waals surface area (Å²) in [6.45, 7) is -2.05. The molecule has 28 nitrogen and oxygen atoms in total. The first-order chi connectivity index (χ1) is 56.0. The molecular weight excluding hydrogens is 1730 g/mol. The Hall–Kier alpha value is -11.0. The molecule has 0 aliphatic heterocycles. The van der Waals surface area contributed by atoms with Crippen LogP contribution in [0, 0.1) is 35.1 Å². The van der Waals surface area contributed by atoms with Crippen molar-refractivity contribution in [1.82, 2.24) is 68.9 Å². The average Bonchev–Trinajstić information content (AvgIpc) is 1.52. The smallest absolute Gasteiger partial charge is 0.293 e. The quantitative estimate of drug-likeness (QED) is 0.0408. The minimum Gasteiger partial charge on any atom is -0.344 e. The topological polar surface area (TPSA) is 360 Å². The number of carbonyl (C=O) groups excluding carboxylic acids is 2. The molecule has 6 heterocycles. The summed E-state index contributed by atoms with van der Waals surface area (Å²) >= 11 is 13.1. The number of aromatic nitrogens is 12. The lowest BCUT2D eigenvalue weighted by atomic mass is 10.0. The van der Waals surface area contributed by atoms with Gasteiger partial charge in [0.15, 0.2) is 31.3 Å². The Morgan fingerprint density at radius 3 is 1.18 bits per heavy atom. The fourth-order valence-corrected chi connectivity index (χ4v) is 19.1. The largest absolute Gasteiger partial charge is 0.344 e. The van der Waals surface area contributed by atoms with Crippen molar-refractivity contribution in [3.8, 4) is 11.4 Å². The van der Waals surface area contributed by atoms with Crippen molar-refractivity contribution in [2.24, 2.45) is 25.9 Å². The minimum absolute atomic E-state index is 0.00814. The van der Waals surface area contributed by atoms with E-state index in [1.807, 2.05) is 0 Å². The first kappa shape index (κ1) is 84.1. The van der Waals surface area contributed by atoms with E-state index in [1.54, 1.807) is 0 Å². The molecule has 16 rings (SSSR count). The van der Waals surface area contributed by atoms with Crippen LogP contribution in [0.2, 0.25) is 10.0 Å². The van der Waals surface area contributed by atoms with E-state index in [0.29, 0.717) is 21.5 Å². The first-order valence-corrected chi connectivity index (χ1v) is 44.4. The number of nitrogens with one attached hydrogen (secondary N) is 4. The molecule has 4 N–H and O–H groups in total. The monoisotopic (exact) mass is 1790 g/mol. The Labute approximate surface area is 680 Å². The minimum atomic E-state index is -3.93. The number of fused-ring (bicyclic) bond motifs is 10. The molecule has 46 heteroatoms. The number of halogens is 14. The third kappa shape index (κ3) is 16.1. The van der Waals surface area contributed by atoms with Gasteiger partial charge in [-0.1, -0.05) is 35.3 Å². The predicted octanol–water partition coefficient (Wildman–Crippen LogP) is 11.1. The summed E-state index contributed by atoms with van der Waals surface area (Å²) in [4.78, 5) is 67.0. The van der Waals surface area contributed by atoms with Gasteiger partial charge in [-0.15, -0.1) is 0 Å². The van der Waals surface area contributed by atoms with E-state index < -0.39 is 207 Å². The van der Waals surface area contributed by atoms with E-state index in [4.69, 9.17) is 33.2 Å². The first-order valence-electron chi connectivity index (χ1n) is 35.8. The molecular formula is C74H62Cl2F12N16O12S4. The molecule has 120 heavy (non-hydrogen) atoms. The van der Waals surface area contributed by atoms with Crippen molar-refractivity contribution in [3.05, 3.63) is 219 Å². The Morgan fingerprint density at radius 1 is 0.500 bits per heavy atom. The van der Waals surface area contributed by atoms with Crippen LogP contribution in [0.5, 0.6) is 0 Å².